The molecule has 100 valence electrons. The number of benzene rings is 1. The third-order valence-electron chi connectivity index (χ3n) is 2.24. The Kier molecular flexibility index (Phi) is 6.97. The molecule has 6 heteroatoms. The minimum Gasteiger partial charge on any atom is -0.389 e. The maximum absolute atomic E-state index is 5.93. The first-order chi connectivity index (χ1) is 8.65. The summed E-state index contributed by atoms with van der Waals surface area (Å²) < 4.78 is 10.2. The Morgan fingerprint density at radius 1 is 1.39 bits per heavy atom. The van der Waals surface area contributed by atoms with Gasteiger partial charge in [-0.1, -0.05) is 23.8 Å². The summed E-state index contributed by atoms with van der Waals surface area (Å²) in [4.78, 5) is 0.342. The lowest BCUT2D eigenvalue weighted by Crippen LogP contribution is -2.16. The van der Waals surface area contributed by atoms with E-state index in [2.05, 4.69) is 5.32 Å². The zero-order valence-electron chi connectivity index (χ0n) is 10.2. The molecule has 0 aliphatic rings. The summed E-state index contributed by atoms with van der Waals surface area (Å²) in [7, 11) is 1.64. The number of thiocarbonyl (C=S) groups is 1. The molecule has 0 radical (unpaired) electrons. The molecule has 0 spiro atoms. The van der Waals surface area contributed by atoms with Crippen LogP contribution in [-0.4, -0.2) is 38.5 Å². The van der Waals surface area contributed by atoms with Crippen molar-refractivity contribution in [2.75, 3.05) is 38.8 Å². The van der Waals surface area contributed by atoms with Gasteiger partial charge < -0.3 is 20.5 Å². The fourth-order valence-corrected chi connectivity index (χ4v) is 1.73. The van der Waals surface area contributed by atoms with E-state index < -0.39 is 0 Å². The SMILES string of the molecule is COCCOCCNc1cc(Cl)ccc1C(N)=S. The molecule has 0 saturated heterocycles. The molecular formula is C12H17ClN2O2S. The van der Waals surface area contributed by atoms with Gasteiger partial charge in [-0.05, 0) is 18.2 Å². The second-order valence-corrected chi connectivity index (χ2v) is 4.46. The largest absolute Gasteiger partial charge is 0.389 e. The van der Waals surface area contributed by atoms with Crippen molar-refractivity contribution < 1.29 is 9.47 Å². The van der Waals surface area contributed by atoms with E-state index in [1.807, 2.05) is 0 Å². The fourth-order valence-electron chi connectivity index (χ4n) is 1.38. The molecule has 0 aromatic heterocycles. The Balaban J connectivity index is 2.45. The number of methoxy groups -OCH3 is 1. The Morgan fingerprint density at radius 3 is 2.83 bits per heavy atom. The second-order valence-electron chi connectivity index (χ2n) is 3.59. The van der Waals surface area contributed by atoms with Gasteiger partial charge in [0.15, 0.2) is 0 Å². The van der Waals surface area contributed by atoms with Gasteiger partial charge in [0.2, 0.25) is 0 Å². The van der Waals surface area contributed by atoms with Crippen molar-refractivity contribution >= 4 is 34.5 Å². The van der Waals surface area contributed by atoms with Crippen molar-refractivity contribution in [3.63, 3.8) is 0 Å². The van der Waals surface area contributed by atoms with Gasteiger partial charge in [-0.2, -0.15) is 0 Å². The standard InChI is InChI=1S/C12H17ClN2O2S/c1-16-6-7-17-5-4-15-11-8-9(13)2-3-10(11)12(14)18/h2-3,8,15H,4-7H2,1H3,(H2,14,18). The highest BCUT2D eigenvalue weighted by molar-refractivity contribution is 7.80. The number of ether oxygens (including phenoxy) is 2. The molecule has 3 N–H and O–H groups in total. The average Bonchev–Trinajstić information content (AvgIpc) is 2.33. The summed E-state index contributed by atoms with van der Waals surface area (Å²) in [6, 6.07) is 5.36. The lowest BCUT2D eigenvalue weighted by atomic mass is 10.2. The van der Waals surface area contributed by atoms with Crippen molar-refractivity contribution in [1.82, 2.24) is 0 Å². The maximum Gasteiger partial charge on any atom is 0.106 e. The van der Waals surface area contributed by atoms with Crippen LogP contribution in [0.3, 0.4) is 0 Å². The van der Waals surface area contributed by atoms with Gasteiger partial charge in [0.1, 0.15) is 4.99 Å². The Labute approximate surface area is 117 Å². The van der Waals surface area contributed by atoms with Gasteiger partial charge in [-0.25, -0.2) is 0 Å². The van der Waals surface area contributed by atoms with Crippen LogP contribution >= 0.6 is 23.8 Å². The monoisotopic (exact) mass is 288 g/mol. The van der Waals surface area contributed by atoms with Crippen LogP contribution in [0.1, 0.15) is 5.56 Å². The van der Waals surface area contributed by atoms with Crippen LogP contribution in [0.5, 0.6) is 0 Å². The van der Waals surface area contributed by atoms with Crippen molar-refractivity contribution in [3.05, 3.63) is 28.8 Å². The average molecular weight is 289 g/mol. The van der Waals surface area contributed by atoms with E-state index in [1.165, 1.54) is 0 Å². The van der Waals surface area contributed by atoms with Crippen molar-refractivity contribution in [3.8, 4) is 0 Å². The van der Waals surface area contributed by atoms with Gasteiger partial charge >= 0.3 is 0 Å². The second kappa shape index (κ2) is 8.26. The summed E-state index contributed by atoms with van der Waals surface area (Å²) in [6.07, 6.45) is 0. The van der Waals surface area contributed by atoms with Crippen LogP contribution in [0.4, 0.5) is 5.69 Å². The molecule has 0 heterocycles. The zero-order valence-corrected chi connectivity index (χ0v) is 11.8. The van der Waals surface area contributed by atoms with Crippen molar-refractivity contribution in [2.24, 2.45) is 5.73 Å². The van der Waals surface area contributed by atoms with Gasteiger partial charge in [0.05, 0.1) is 19.8 Å². The van der Waals surface area contributed by atoms with Gasteiger partial charge in [0, 0.05) is 29.9 Å². The van der Waals surface area contributed by atoms with Gasteiger partial charge in [-0.15, -0.1) is 0 Å². The minimum atomic E-state index is 0.342. The molecule has 0 amide bonds. The van der Waals surface area contributed by atoms with E-state index in [1.54, 1.807) is 25.3 Å². The number of nitrogens with one attached hydrogen (secondary N) is 1. The number of hydrogen-bond donors (Lipinski definition) is 2. The maximum atomic E-state index is 5.93. The molecule has 0 saturated carbocycles. The van der Waals surface area contributed by atoms with Crippen molar-refractivity contribution in [2.45, 2.75) is 0 Å². The minimum absolute atomic E-state index is 0.342. The van der Waals surface area contributed by atoms with Crippen LogP contribution in [-0.2, 0) is 9.47 Å². The normalized spacial score (nSPS) is 10.3. The smallest absolute Gasteiger partial charge is 0.106 e. The molecule has 0 unspecified atom stereocenters. The van der Waals surface area contributed by atoms with E-state index in [-0.39, 0.29) is 0 Å². The molecule has 0 aliphatic carbocycles. The predicted molar refractivity (Wildman–Crippen MR) is 78.5 cm³/mol. The van der Waals surface area contributed by atoms with Crippen LogP contribution in [0, 0.1) is 0 Å². The molecule has 0 aliphatic heterocycles. The van der Waals surface area contributed by atoms with E-state index in [9.17, 15) is 0 Å². The molecule has 4 nitrogen and oxygen atoms in total. The van der Waals surface area contributed by atoms with Crippen LogP contribution in [0.2, 0.25) is 5.02 Å². The van der Waals surface area contributed by atoms with E-state index in [4.69, 9.17) is 39.0 Å². The fraction of sp³-hybridized carbons (Fsp3) is 0.417. The first-order valence-corrected chi connectivity index (χ1v) is 6.33. The summed E-state index contributed by atoms with van der Waals surface area (Å²) >= 11 is 10.9. The molecule has 18 heavy (non-hydrogen) atoms. The summed E-state index contributed by atoms with van der Waals surface area (Å²) in [5, 5.41) is 3.83. The highest BCUT2D eigenvalue weighted by atomic mass is 35.5. The van der Waals surface area contributed by atoms with Crippen molar-refractivity contribution in [1.29, 1.82) is 0 Å². The number of halogens is 1. The molecular weight excluding hydrogens is 272 g/mol. The summed E-state index contributed by atoms with van der Waals surface area (Å²) in [5.74, 6) is 0. The number of nitrogens with two attached hydrogens (primary N) is 1. The van der Waals surface area contributed by atoms with E-state index in [0.29, 0.717) is 36.4 Å². The molecule has 0 fully saturated rings. The molecule has 1 aromatic rings. The van der Waals surface area contributed by atoms with Crippen LogP contribution in [0.25, 0.3) is 0 Å². The predicted octanol–water partition coefficient (Wildman–Crippen LogP) is 2.05. The highest BCUT2D eigenvalue weighted by Crippen LogP contribution is 2.20. The third kappa shape index (κ3) is 5.18. The number of anilines is 1. The van der Waals surface area contributed by atoms with E-state index in [0.717, 1.165) is 11.3 Å². The number of rotatable bonds is 8. The molecule has 1 rings (SSSR count). The highest BCUT2D eigenvalue weighted by Gasteiger charge is 2.05. The Morgan fingerprint density at radius 2 is 2.17 bits per heavy atom. The summed E-state index contributed by atoms with van der Waals surface area (Å²) in [6.45, 7) is 2.40. The Bertz CT molecular complexity index is 402. The first-order valence-electron chi connectivity index (χ1n) is 5.55. The first kappa shape index (κ1) is 15.2. The number of hydrogen-bond acceptors (Lipinski definition) is 4. The van der Waals surface area contributed by atoms with Crippen LogP contribution in [0.15, 0.2) is 18.2 Å². The third-order valence-corrected chi connectivity index (χ3v) is 2.70. The Hall–Kier alpha value is -0.880. The van der Waals surface area contributed by atoms with Gasteiger partial charge in [0.25, 0.3) is 0 Å². The van der Waals surface area contributed by atoms with E-state index >= 15 is 0 Å². The zero-order chi connectivity index (χ0) is 13.4. The van der Waals surface area contributed by atoms with Crippen LogP contribution < -0.4 is 11.1 Å². The molecule has 0 bridgehead atoms. The lowest BCUT2D eigenvalue weighted by molar-refractivity contribution is 0.0759. The topological polar surface area (TPSA) is 56.5 Å². The molecule has 0 atom stereocenters. The molecule has 1 aromatic carbocycles. The lowest BCUT2D eigenvalue weighted by Gasteiger charge is -2.11. The summed E-state index contributed by atoms with van der Waals surface area (Å²) in [5.41, 5.74) is 7.24. The quantitative estimate of drug-likeness (QED) is 0.566. The van der Waals surface area contributed by atoms with Gasteiger partial charge in [-0.3, -0.25) is 0 Å².